The predicted molar refractivity (Wildman–Crippen MR) is 98.0 cm³/mol. The lowest BCUT2D eigenvalue weighted by Gasteiger charge is -2.60. The van der Waals surface area contributed by atoms with E-state index in [1.54, 1.807) is 9.80 Å². The van der Waals surface area contributed by atoms with E-state index in [4.69, 9.17) is 0 Å². The first-order valence-electron chi connectivity index (χ1n) is 9.53. The number of Topliss-reactive ketones (excluding diaryl/α,β-unsaturated/α-hetero) is 1. The Balaban J connectivity index is 1.72. The lowest BCUT2D eigenvalue weighted by molar-refractivity contribution is -1.18. The molecule has 0 atom stereocenters. The van der Waals surface area contributed by atoms with Gasteiger partial charge in [-0.2, -0.15) is 0 Å². The Kier molecular flexibility index (Phi) is 4.13. The molecule has 3 nitrogen and oxygen atoms in total. The molecule has 4 heteroatoms. The number of quaternary nitrogens is 2. The zero-order chi connectivity index (χ0) is 16.9. The maximum atomic E-state index is 13.5. The van der Waals surface area contributed by atoms with Gasteiger partial charge in [0.1, 0.15) is 37.0 Å². The molecule has 1 aromatic carbocycles. The summed E-state index contributed by atoms with van der Waals surface area (Å²) < 4.78 is 1.14. The van der Waals surface area contributed by atoms with Crippen LogP contribution in [-0.4, -0.2) is 32.0 Å². The number of ketones is 1. The van der Waals surface area contributed by atoms with Gasteiger partial charge in [0.2, 0.25) is 6.17 Å². The average Bonchev–Trinajstić information content (AvgIpc) is 2.54. The summed E-state index contributed by atoms with van der Waals surface area (Å²) in [6, 6.07) is 8.88. The number of carbonyl (C=O) groups excluding carboxylic acids is 1. The number of piperidine rings is 2. The third kappa shape index (κ3) is 2.33. The summed E-state index contributed by atoms with van der Waals surface area (Å²) in [6.07, 6.45) is 4.92. The Hall–Kier alpha value is -0.710. The van der Waals surface area contributed by atoms with E-state index >= 15 is 0 Å². The fourth-order valence-electron chi connectivity index (χ4n) is 6.23. The Bertz CT molecular complexity index is 598. The van der Waals surface area contributed by atoms with Crippen LogP contribution in [0.15, 0.2) is 28.7 Å². The number of hydrogen-bond acceptors (Lipinski definition) is 1. The van der Waals surface area contributed by atoms with Crippen LogP contribution in [0.5, 0.6) is 0 Å². The van der Waals surface area contributed by atoms with Crippen molar-refractivity contribution in [3.8, 4) is 0 Å². The molecule has 2 N–H and O–H groups in total. The van der Waals surface area contributed by atoms with Crippen molar-refractivity contribution < 1.29 is 14.6 Å². The molecule has 4 aliphatic rings. The summed E-state index contributed by atoms with van der Waals surface area (Å²) in [7, 11) is 0. The maximum absolute atomic E-state index is 13.5. The van der Waals surface area contributed by atoms with Crippen molar-refractivity contribution in [1.29, 1.82) is 0 Å². The van der Waals surface area contributed by atoms with Crippen molar-refractivity contribution >= 4 is 21.7 Å². The molecule has 0 aromatic heterocycles. The number of benzene rings is 1. The second-order valence-electron chi connectivity index (χ2n) is 8.40. The van der Waals surface area contributed by atoms with Crippen LogP contribution in [0.1, 0.15) is 51.3 Å². The van der Waals surface area contributed by atoms with Crippen LogP contribution in [-0.2, 0) is 4.79 Å². The molecule has 0 aliphatic carbocycles. The zero-order valence-corrected chi connectivity index (χ0v) is 16.4. The van der Waals surface area contributed by atoms with E-state index in [1.165, 1.54) is 5.56 Å². The van der Waals surface area contributed by atoms with E-state index in [2.05, 4.69) is 54.0 Å². The highest BCUT2D eigenvalue weighted by Crippen LogP contribution is 2.42. The first kappa shape index (κ1) is 16.7. The summed E-state index contributed by atoms with van der Waals surface area (Å²) in [4.78, 5) is 16.8. The molecule has 4 aliphatic heterocycles. The van der Waals surface area contributed by atoms with Gasteiger partial charge < -0.3 is 0 Å². The Morgan fingerprint density at radius 2 is 1.42 bits per heavy atom. The second kappa shape index (κ2) is 5.93. The smallest absolute Gasteiger partial charge is 0.240 e. The molecule has 0 saturated carbocycles. The van der Waals surface area contributed by atoms with Crippen molar-refractivity contribution in [2.45, 2.75) is 45.7 Å². The minimum Gasteiger partial charge on any atom is -0.297 e. The number of rotatable bonds is 5. The van der Waals surface area contributed by atoms with E-state index in [0.29, 0.717) is 11.9 Å². The molecular weight excluding hydrogens is 364 g/mol. The molecule has 4 heterocycles. The molecule has 1 aromatic rings. The van der Waals surface area contributed by atoms with Gasteiger partial charge in [-0.1, -0.05) is 42.6 Å². The number of nitrogens with one attached hydrogen (secondary N) is 2. The van der Waals surface area contributed by atoms with Crippen LogP contribution in [0.25, 0.3) is 0 Å². The van der Waals surface area contributed by atoms with Crippen LogP contribution in [0.4, 0.5) is 0 Å². The summed E-state index contributed by atoms with van der Waals surface area (Å²) in [5, 5.41) is 0. The normalized spacial score (nSPS) is 40.3. The van der Waals surface area contributed by atoms with Gasteiger partial charge in [0.15, 0.2) is 5.78 Å². The number of halogens is 1. The third-order valence-electron chi connectivity index (χ3n) is 6.70. The number of hydrogen-bond donors (Lipinski definition) is 2. The minimum absolute atomic E-state index is 0.0447. The number of carbonyl (C=O) groups is 1. The highest BCUT2D eigenvalue weighted by atomic mass is 79.9. The van der Waals surface area contributed by atoms with Gasteiger partial charge >= 0.3 is 0 Å². The average molecular weight is 393 g/mol. The predicted octanol–water partition coefficient (Wildman–Crippen LogP) is 1.40. The lowest BCUT2D eigenvalue weighted by atomic mass is 9.57. The molecule has 5 rings (SSSR count). The van der Waals surface area contributed by atoms with E-state index in [-0.39, 0.29) is 10.8 Å². The van der Waals surface area contributed by atoms with Gasteiger partial charge in [-0.3, -0.25) is 14.6 Å². The van der Waals surface area contributed by atoms with Gasteiger partial charge in [-0.25, -0.2) is 0 Å². The van der Waals surface area contributed by atoms with Crippen LogP contribution < -0.4 is 9.80 Å². The highest BCUT2D eigenvalue weighted by Gasteiger charge is 2.70. The van der Waals surface area contributed by atoms with Crippen molar-refractivity contribution in [1.82, 2.24) is 0 Å². The summed E-state index contributed by atoms with van der Waals surface area (Å²) in [5.74, 6) is 0.625. The van der Waals surface area contributed by atoms with Crippen LogP contribution in [0.3, 0.4) is 0 Å². The van der Waals surface area contributed by atoms with Crippen LogP contribution in [0, 0.1) is 10.8 Å². The van der Waals surface area contributed by atoms with Gasteiger partial charge in [0.05, 0.1) is 5.56 Å². The van der Waals surface area contributed by atoms with Gasteiger partial charge in [0.25, 0.3) is 0 Å². The molecule has 0 unspecified atom stereocenters. The third-order valence-corrected chi connectivity index (χ3v) is 7.23. The van der Waals surface area contributed by atoms with Crippen LogP contribution >= 0.6 is 15.9 Å². The Morgan fingerprint density at radius 3 is 1.83 bits per heavy atom. The fraction of sp³-hybridized carbons (Fsp3) is 0.650. The lowest BCUT2D eigenvalue weighted by Crippen LogP contribution is -3.41. The molecule has 24 heavy (non-hydrogen) atoms. The minimum atomic E-state index is -0.0447. The Labute approximate surface area is 153 Å². The summed E-state index contributed by atoms with van der Waals surface area (Å²) >= 11 is 3.56. The van der Waals surface area contributed by atoms with Crippen molar-refractivity contribution in [2.75, 3.05) is 26.2 Å². The quantitative estimate of drug-likeness (QED) is 0.777. The molecule has 4 fully saturated rings. The van der Waals surface area contributed by atoms with Gasteiger partial charge in [-0.15, -0.1) is 0 Å². The fourth-order valence-corrected chi connectivity index (χ4v) is 6.50. The standard InChI is InChI=1S/C20H27BrN2O/c1-3-9-19-11-22-13-20(10-4-2,18(19)24)14-23(12-19)17(22)15-5-7-16(21)8-6-15/h5-8,17H,3-4,9-14H2,1-2H3/p+2. The molecule has 4 bridgehead atoms. The second-order valence-corrected chi connectivity index (χ2v) is 9.31. The van der Waals surface area contributed by atoms with Gasteiger partial charge in [-0.05, 0) is 37.1 Å². The zero-order valence-electron chi connectivity index (χ0n) is 14.8. The summed E-state index contributed by atoms with van der Waals surface area (Å²) in [5.41, 5.74) is 1.35. The van der Waals surface area contributed by atoms with Crippen LogP contribution in [0.2, 0.25) is 0 Å². The highest BCUT2D eigenvalue weighted by molar-refractivity contribution is 9.10. The first-order valence-corrected chi connectivity index (χ1v) is 10.3. The van der Waals surface area contributed by atoms with Crippen molar-refractivity contribution in [3.05, 3.63) is 34.3 Å². The largest absolute Gasteiger partial charge is 0.297 e. The monoisotopic (exact) mass is 392 g/mol. The van der Waals surface area contributed by atoms with Crippen molar-refractivity contribution in [3.63, 3.8) is 0 Å². The van der Waals surface area contributed by atoms with E-state index < -0.39 is 0 Å². The van der Waals surface area contributed by atoms with E-state index in [0.717, 1.165) is 56.3 Å². The van der Waals surface area contributed by atoms with Gasteiger partial charge in [0, 0.05) is 4.47 Å². The molecule has 0 radical (unpaired) electrons. The Morgan fingerprint density at radius 1 is 0.958 bits per heavy atom. The SMILES string of the molecule is CCCC12C[NH+]3CC(CCC)(C[NH+](C1)C3c1ccc(Br)cc1)C2=O. The molecule has 0 spiro atoms. The van der Waals surface area contributed by atoms with Crippen molar-refractivity contribution in [2.24, 2.45) is 10.8 Å². The molecule has 4 saturated heterocycles. The molecule has 130 valence electrons. The first-order chi connectivity index (χ1) is 11.5. The maximum Gasteiger partial charge on any atom is 0.240 e. The van der Waals surface area contributed by atoms with E-state index in [1.807, 2.05) is 0 Å². The molecular formula is C20H29BrN2O+2. The topological polar surface area (TPSA) is 26.0 Å². The van der Waals surface area contributed by atoms with E-state index in [9.17, 15) is 4.79 Å². The summed E-state index contributed by atoms with van der Waals surface area (Å²) in [6.45, 7) is 8.68. The molecule has 0 amide bonds.